The summed E-state index contributed by atoms with van der Waals surface area (Å²) in [6.07, 6.45) is 6.07. The van der Waals surface area contributed by atoms with Crippen molar-refractivity contribution >= 4 is 41.4 Å². The Kier molecular flexibility index (Phi) is 8.02. The van der Waals surface area contributed by atoms with Gasteiger partial charge in [0.1, 0.15) is 5.75 Å². The first-order chi connectivity index (χ1) is 12.1. The monoisotopic (exact) mass is 376 g/mol. The van der Waals surface area contributed by atoms with Gasteiger partial charge in [-0.15, -0.1) is 0 Å². The first-order valence-corrected chi connectivity index (χ1v) is 8.52. The Morgan fingerprint density at radius 2 is 1.96 bits per heavy atom. The summed E-state index contributed by atoms with van der Waals surface area (Å²) in [7, 11) is 0. The number of nitrogens with one attached hydrogen (secondary N) is 1. The van der Waals surface area contributed by atoms with Crippen molar-refractivity contribution in [2.45, 2.75) is 12.8 Å². The van der Waals surface area contributed by atoms with Crippen molar-refractivity contribution < 1.29 is 9.53 Å². The molecule has 6 heteroatoms. The molecule has 0 aliphatic carbocycles. The summed E-state index contributed by atoms with van der Waals surface area (Å²) < 4.78 is 5.51. The predicted molar refractivity (Wildman–Crippen MR) is 103 cm³/mol. The molecule has 130 valence electrons. The molecule has 1 amide bonds. The molecule has 0 aliphatic rings. The van der Waals surface area contributed by atoms with Crippen LogP contribution < -0.4 is 10.2 Å². The van der Waals surface area contributed by atoms with E-state index in [1.165, 1.54) is 6.21 Å². The Hall–Kier alpha value is -2.30. The van der Waals surface area contributed by atoms with Crippen LogP contribution >= 0.6 is 23.2 Å². The van der Waals surface area contributed by atoms with Gasteiger partial charge in [0.2, 0.25) is 5.91 Å². The largest absolute Gasteiger partial charge is 0.492 e. The van der Waals surface area contributed by atoms with E-state index in [4.69, 9.17) is 27.9 Å². The van der Waals surface area contributed by atoms with Crippen LogP contribution in [0.15, 0.2) is 59.7 Å². The van der Waals surface area contributed by atoms with E-state index in [0.717, 1.165) is 5.56 Å². The van der Waals surface area contributed by atoms with Gasteiger partial charge in [0.15, 0.2) is 0 Å². The zero-order valence-electron chi connectivity index (χ0n) is 13.5. The minimum Gasteiger partial charge on any atom is -0.492 e. The first-order valence-electron chi connectivity index (χ1n) is 7.76. The number of carbonyl (C=O) groups is 1. The number of allylic oxidation sites excluding steroid dienone is 1. The minimum atomic E-state index is -0.171. The van der Waals surface area contributed by atoms with E-state index in [0.29, 0.717) is 35.2 Å². The summed E-state index contributed by atoms with van der Waals surface area (Å²) in [6, 6.07) is 14.8. The number of amides is 1. The summed E-state index contributed by atoms with van der Waals surface area (Å²) in [5, 5.41) is 4.86. The fraction of sp³-hybridized carbons (Fsp3) is 0.158. The highest BCUT2D eigenvalue weighted by Crippen LogP contribution is 2.27. The van der Waals surface area contributed by atoms with Crippen LogP contribution in [0.4, 0.5) is 0 Å². The molecule has 0 atom stereocenters. The molecular weight excluding hydrogens is 359 g/mol. The zero-order chi connectivity index (χ0) is 17.9. The van der Waals surface area contributed by atoms with Gasteiger partial charge < -0.3 is 4.74 Å². The fourth-order valence-electron chi connectivity index (χ4n) is 1.93. The molecule has 0 heterocycles. The van der Waals surface area contributed by atoms with Crippen molar-refractivity contribution in [3.05, 3.63) is 70.2 Å². The van der Waals surface area contributed by atoms with Gasteiger partial charge in [0, 0.05) is 17.7 Å². The number of hydrogen-bond donors (Lipinski definition) is 1. The van der Waals surface area contributed by atoms with Crippen LogP contribution in [0.25, 0.3) is 6.08 Å². The van der Waals surface area contributed by atoms with Crippen molar-refractivity contribution in [1.29, 1.82) is 0 Å². The van der Waals surface area contributed by atoms with Crippen molar-refractivity contribution in [2.24, 2.45) is 5.10 Å². The fourth-order valence-corrected chi connectivity index (χ4v) is 2.40. The molecule has 0 unspecified atom stereocenters. The van der Waals surface area contributed by atoms with Crippen molar-refractivity contribution in [2.75, 3.05) is 6.61 Å². The smallest absolute Gasteiger partial charge is 0.240 e. The lowest BCUT2D eigenvalue weighted by Crippen LogP contribution is -2.17. The first kappa shape index (κ1) is 19.0. The summed E-state index contributed by atoms with van der Waals surface area (Å²) in [6.45, 7) is 0.381. The van der Waals surface area contributed by atoms with Crippen LogP contribution in [-0.4, -0.2) is 18.7 Å². The molecule has 0 aliphatic heterocycles. The highest BCUT2D eigenvalue weighted by Gasteiger charge is 2.03. The molecule has 4 nitrogen and oxygen atoms in total. The Labute approximate surface area is 157 Å². The molecule has 2 rings (SSSR count). The van der Waals surface area contributed by atoms with Gasteiger partial charge in [-0.1, -0.05) is 59.6 Å². The lowest BCUT2D eigenvalue weighted by molar-refractivity contribution is -0.121. The lowest BCUT2D eigenvalue weighted by Gasteiger charge is -2.07. The molecule has 0 saturated carbocycles. The van der Waals surface area contributed by atoms with E-state index in [1.807, 2.05) is 36.4 Å². The number of ether oxygens (including phenoxy) is 1. The van der Waals surface area contributed by atoms with Crippen molar-refractivity contribution in [3.63, 3.8) is 0 Å². The maximum absolute atomic E-state index is 11.7. The molecule has 0 radical (unpaired) electrons. The SMILES string of the molecule is O=C(CCCOc1ccc(Cl)cc1Cl)N/N=C\C=C\c1ccccc1. The predicted octanol–water partition coefficient (Wildman–Crippen LogP) is 4.97. The topological polar surface area (TPSA) is 50.7 Å². The van der Waals surface area contributed by atoms with Gasteiger partial charge in [0.25, 0.3) is 0 Å². The number of hydrogen-bond acceptors (Lipinski definition) is 3. The summed E-state index contributed by atoms with van der Waals surface area (Å²) >= 11 is 11.8. The van der Waals surface area contributed by atoms with Crippen LogP contribution in [0, 0.1) is 0 Å². The second-order valence-corrected chi connectivity index (χ2v) is 5.95. The minimum absolute atomic E-state index is 0.171. The van der Waals surface area contributed by atoms with Crippen molar-refractivity contribution in [1.82, 2.24) is 5.43 Å². The number of halogens is 2. The summed E-state index contributed by atoms with van der Waals surface area (Å²) in [4.78, 5) is 11.7. The number of nitrogens with zero attached hydrogens (tertiary/aromatic N) is 1. The molecule has 0 saturated heterocycles. The van der Waals surface area contributed by atoms with E-state index in [1.54, 1.807) is 24.3 Å². The highest BCUT2D eigenvalue weighted by molar-refractivity contribution is 6.35. The molecule has 25 heavy (non-hydrogen) atoms. The molecule has 0 aromatic heterocycles. The van der Waals surface area contributed by atoms with Gasteiger partial charge in [-0.25, -0.2) is 5.43 Å². The molecular formula is C19H18Cl2N2O2. The van der Waals surface area contributed by atoms with E-state index in [9.17, 15) is 4.79 Å². The lowest BCUT2D eigenvalue weighted by atomic mass is 10.2. The molecule has 0 fully saturated rings. The standard InChI is InChI=1S/C19H18Cl2N2O2/c20-16-10-11-18(17(21)14-16)25-13-5-9-19(24)23-22-12-4-8-15-6-2-1-3-7-15/h1-4,6-8,10-12,14H,5,9,13H2,(H,23,24)/b8-4+,22-12-. The Bertz CT molecular complexity index is 746. The summed E-state index contributed by atoms with van der Waals surface area (Å²) in [5.74, 6) is 0.380. The number of hydrazone groups is 1. The Morgan fingerprint density at radius 3 is 2.72 bits per heavy atom. The van der Waals surface area contributed by atoms with E-state index in [-0.39, 0.29) is 5.91 Å². The zero-order valence-corrected chi connectivity index (χ0v) is 15.0. The molecule has 0 spiro atoms. The molecule has 2 aromatic carbocycles. The third-order valence-corrected chi connectivity index (χ3v) is 3.67. The average molecular weight is 377 g/mol. The quantitative estimate of drug-likeness (QED) is 0.401. The number of carbonyl (C=O) groups excluding carboxylic acids is 1. The van der Waals surface area contributed by atoms with Crippen molar-refractivity contribution in [3.8, 4) is 5.75 Å². The van der Waals surface area contributed by atoms with E-state index in [2.05, 4.69) is 10.5 Å². The average Bonchev–Trinajstić information content (AvgIpc) is 2.61. The molecule has 0 bridgehead atoms. The van der Waals surface area contributed by atoms with Gasteiger partial charge >= 0.3 is 0 Å². The maximum atomic E-state index is 11.7. The van der Waals surface area contributed by atoms with Crippen LogP contribution in [-0.2, 0) is 4.79 Å². The van der Waals surface area contributed by atoms with Crippen LogP contribution in [0.2, 0.25) is 10.0 Å². The van der Waals surface area contributed by atoms with Crippen LogP contribution in [0.1, 0.15) is 18.4 Å². The number of benzene rings is 2. The second kappa shape index (κ2) is 10.5. The van der Waals surface area contributed by atoms with E-state index >= 15 is 0 Å². The Balaban J connectivity index is 1.62. The van der Waals surface area contributed by atoms with E-state index < -0.39 is 0 Å². The third-order valence-electron chi connectivity index (χ3n) is 3.14. The normalized spacial score (nSPS) is 11.1. The van der Waals surface area contributed by atoms with Gasteiger partial charge in [-0.05, 0) is 36.3 Å². The maximum Gasteiger partial charge on any atom is 0.240 e. The summed E-state index contributed by atoms with van der Waals surface area (Å²) in [5.41, 5.74) is 3.53. The Morgan fingerprint density at radius 1 is 1.16 bits per heavy atom. The number of rotatable bonds is 8. The highest BCUT2D eigenvalue weighted by atomic mass is 35.5. The van der Waals surface area contributed by atoms with Gasteiger partial charge in [0.05, 0.1) is 11.6 Å². The second-order valence-electron chi connectivity index (χ2n) is 5.11. The molecule has 1 N–H and O–H groups in total. The van der Waals surface area contributed by atoms with Crippen LogP contribution in [0.3, 0.4) is 0 Å². The van der Waals surface area contributed by atoms with Gasteiger partial charge in [-0.3, -0.25) is 4.79 Å². The van der Waals surface area contributed by atoms with Gasteiger partial charge in [-0.2, -0.15) is 5.10 Å². The third kappa shape index (κ3) is 7.42. The molecule has 2 aromatic rings. The van der Waals surface area contributed by atoms with Crippen LogP contribution in [0.5, 0.6) is 5.75 Å².